The fourth-order valence-corrected chi connectivity index (χ4v) is 4.26. The third-order valence-corrected chi connectivity index (χ3v) is 5.90. The molecule has 0 aliphatic carbocycles. The maximum absolute atomic E-state index is 12.7. The maximum Gasteiger partial charge on any atom is 0.292 e. The van der Waals surface area contributed by atoms with Crippen LogP contribution in [0.4, 0.5) is 0 Å². The van der Waals surface area contributed by atoms with Gasteiger partial charge in [-0.3, -0.25) is 4.79 Å². The number of rotatable bonds is 4. The third-order valence-electron chi connectivity index (χ3n) is 5.90. The van der Waals surface area contributed by atoms with Gasteiger partial charge in [0.15, 0.2) is 0 Å². The lowest BCUT2D eigenvalue weighted by molar-refractivity contribution is -0.132. The Balaban J connectivity index is 2.10. The molecule has 2 N–H and O–H groups in total. The number of benzene rings is 1. The van der Waals surface area contributed by atoms with E-state index < -0.39 is 11.7 Å². The summed E-state index contributed by atoms with van der Waals surface area (Å²) in [5, 5.41) is 21.2. The summed E-state index contributed by atoms with van der Waals surface area (Å²) < 4.78 is 6.93. The van der Waals surface area contributed by atoms with E-state index in [1.807, 2.05) is 37.3 Å². The minimum atomic E-state index is -0.624. The summed E-state index contributed by atoms with van der Waals surface area (Å²) in [4.78, 5) is 12.7. The average molecular weight is 371 g/mol. The van der Waals surface area contributed by atoms with Gasteiger partial charge in [-0.1, -0.05) is 64.4 Å². The zero-order valence-electron chi connectivity index (χ0n) is 16.4. The molecule has 1 fully saturated rings. The maximum atomic E-state index is 12.7. The zero-order valence-corrected chi connectivity index (χ0v) is 16.4. The van der Waals surface area contributed by atoms with Gasteiger partial charge < -0.3 is 15.1 Å². The zero-order chi connectivity index (χ0) is 19.7. The second-order valence-electron chi connectivity index (χ2n) is 7.92. The molecule has 27 heavy (non-hydrogen) atoms. The van der Waals surface area contributed by atoms with Crippen molar-refractivity contribution >= 4 is 0 Å². The quantitative estimate of drug-likeness (QED) is 0.770. The first-order valence-electron chi connectivity index (χ1n) is 9.73. The van der Waals surface area contributed by atoms with Gasteiger partial charge in [0.25, 0.3) is 5.56 Å². The van der Waals surface area contributed by atoms with Crippen LogP contribution >= 0.6 is 0 Å². The standard InChI is InChI=1S/C22H29NO4/c1-5-13(2)20-14(3)11-15(4)21(27-20)18-19(24)17(12-23(26)22(18)25)16-9-7-6-8-10-16/h6-10,12-15,20-21,24,26H,5,11H2,1-4H3/t13-,14+,15-,20-,21-/m1/s1. The van der Waals surface area contributed by atoms with E-state index in [2.05, 4.69) is 20.8 Å². The van der Waals surface area contributed by atoms with Gasteiger partial charge in [0.05, 0.1) is 24.0 Å². The first kappa shape index (κ1) is 19.5. The van der Waals surface area contributed by atoms with Gasteiger partial charge in [-0.25, -0.2) is 0 Å². The van der Waals surface area contributed by atoms with Crippen LogP contribution in [-0.2, 0) is 4.74 Å². The van der Waals surface area contributed by atoms with Crippen molar-refractivity contribution in [1.82, 2.24) is 4.73 Å². The van der Waals surface area contributed by atoms with Gasteiger partial charge >= 0.3 is 0 Å². The smallest absolute Gasteiger partial charge is 0.292 e. The monoisotopic (exact) mass is 371 g/mol. The van der Waals surface area contributed by atoms with E-state index in [1.165, 1.54) is 6.20 Å². The number of pyridine rings is 1. The Morgan fingerprint density at radius 3 is 2.52 bits per heavy atom. The molecular formula is C22H29NO4. The van der Waals surface area contributed by atoms with Crippen LogP contribution in [0.15, 0.2) is 41.3 Å². The summed E-state index contributed by atoms with van der Waals surface area (Å²) in [7, 11) is 0. The second-order valence-corrected chi connectivity index (χ2v) is 7.92. The van der Waals surface area contributed by atoms with E-state index in [1.54, 1.807) is 0 Å². The molecule has 5 nitrogen and oxygen atoms in total. The molecule has 0 amide bonds. The normalized spacial score (nSPS) is 26.7. The molecule has 2 heterocycles. The topological polar surface area (TPSA) is 71.7 Å². The highest BCUT2D eigenvalue weighted by molar-refractivity contribution is 5.70. The van der Waals surface area contributed by atoms with Crippen LogP contribution in [0.5, 0.6) is 5.75 Å². The number of ether oxygens (including phenoxy) is 1. The summed E-state index contributed by atoms with van der Waals surface area (Å²) in [5.74, 6) is 0.684. The SMILES string of the molecule is CC[C@@H](C)[C@H]1O[C@@H](c2c(O)c(-c3ccccc3)cn(O)c2=O)[C@H](C)C[C@@H]1C. The molecule has 1 aliphatic rings. The van der Waals surface area contributed by atoms with E-state index in [9.17, 15) is 15.1 Å². The molecule has 1 aromatic carbocycles. The summed E-state index contributed by atoms with van der Waals surface area (Å²) in [6.07, 6.45) is 2.62. The van der Waals surface area contributed by atoms with Gasteiger partial charge in [-0.15, -0.1) is 0 Å². The molecule has 0 radical (unpaired) electrons. The van der Waals surface area contributed by atoms with Gasteiger partial charge in [0.1, 0.15) is 5.75 Å². The first-order valence-corrected chi connectivity index (χ1v) is 9.73. The van der Waals surface area contributed by atoms with Gasteiger partial charge in [0.2, 0.25) is 0 Å². The number of nitrogens with zero attached hydrogens (tertiary/aromatic N) is 1. The van der Waals surface area contributed by atoms with Gasteiger partial charge in [-0.05, 0) is 29.7 Å². The van der Waals surface area contributed by atoms with Crippen molar-refractivity contribution in [2.45, 2.75) is 52.7 Å². The summed E-state index contributed by atoms with van der Waals surface area (Å²) in [6.45, 7) is 8.48. The number of hydrogen-bond donors (Lipinski definition) is 2. The molecule has 1 saturated heterocycles. The second kappa shape index (κ2) is 7.77. The van der Waals surface area contributed by atoms with Gasteiger partial charge in [-0.2, -0.15) is 4.73 Å². The Bertz CT molecular complexity index is 845. The molecule has 1 aliphatic heterocycles. The molecular weight excluding hydrogens is 342 g/mol. The minimum Gasteiger partial charge on any atom is -0.507 e. The molecule has 0 unspecified atom stereocenters. The van der Waals surface area contributed by atoms with Crippen LogP contribution in [0.1, 0.15) is 52.2 Å². The number of hydrogen-bond acceptors (Lipinski definition) is 4. The van der Waals surface area contributed by atoms with Crippen molar-refractivity contribution in [3.63, 3.8) is 0 Å². The van der Waals surface area contributed by atoms with Crippen molar-refractivity contribution in [1.29, 1.82) is 0 Å². The molecule has 1 aromatic heterocycles. The predicted octanol–water partition coefficient (Wildman–Crippen LogP) is 4.61. The molecule has 3 rings (SSSR count). The Morgan fingerprint density at radius 1 is 1.22 bits per heavy atom. The van der Waals surface area contributed by atoms with E-state index in [0.717, 1.165) is 18.4 Å². The largest absolute Gasteiger partial charge is 0.507 e. The van der Waals surface area contributed by atoms with E-state index in [0.29, 0.717) is 22.1 Å². The molecule has 0 bridgehead atoms. The molecule has 5 heteroatoms. The lowest BCUT2D eigenvalue weighted by atomic mass is 9.79. The molecule has 0 spiro atoms. The van der Waals surface area contributed by atoms with Crippen LogP contribution in [0.25, 0.3) is 11.1 Å². The Morgan fingerprint density at radius 2 is 1.89 bits per heavy atom. The first-order chi connectivity index (χ1) is 12.8. The Kier molecular flexibility index (Phi) is 5.61. The van der Waals surface area contributed by atoms with Crippen LogP contribution < -0.4 is 5.56 Å². The van der Waals surface area contributed by atoms with Crippen LogP contribution in [-0.4, -0.2) is 21.1 Å². The van der Waals surface area contributed by atoms with Crippen molar-refractivity contribution < 1.29 is 15.1 Å². The van der Waals surface area contributed by atoms with E-state index in [-0.39, 0.29) is 23.3 Å². The summed E-state index contributed by atoms with van der Waals surface area (Å²) in [5.41, 5.74) is 0.671. The van der Waals surface area contributed by atoms with E-state index >= 15 is 0 Å². The lowest BCUT2D eigenvalue weighted by Crippen LogP contribution is -2.40. The molecule has 146 valence electrons. The van der Waals surface area contributed by atoms with Crippen molar-refractivity contribution in [2.75, 3.05) is 0 Å². The molecule has 0 saturated carbocycles. The lowest BCUT2D eigenvalue weighted by Gasteiger charge is -2.41. The number of aromatic hydroxyl groups is 1. The Hall–Kier alpha value is -2.27. The fraction of sp³-hybridized carbons (Fsp3) is 0.500. The summed E-state index contributed by atoms with van der Waals surface area (Å²) in [6, 6.07) is 9.24. The third kappa shape index (κ3) is 3.61. The van der Waals surface area contributed by atoms with Crippen LogP contribution in [0.2, 0.25) is 0 Å². The van der Waals surface area contributed by atoms with Crippen LogP contribution in [0, 0.1) is 17.8 Å². The van der Waals surface area contributed by atoms with Gasteiger partial charge in [0, 0.05) is 5.56 Å². The highest BCUT2D eigenvalue weighted by Gasteiger charge is 2.39. The van der Waals surface area contributed by atoms with Crippen molar-refractivity contribution in [3.8, 4) is 16.9 Å². The Labute approximate surface area is 160 Å². The van der Waals surface area contributed by atoms with Crippen molar-refractivity contribution in [3.05, 3.63) is 52.4 Å². The highest BCUT2D eigenvalue weighted by atomic mass is 16.5. The fourth-order valence-electron chi connectivity index (χ4n) is 4.26. The van der Waals surface area contributed by atoms with Crippen molar-refractivity contribution in [2.24, 2.45) is 17.8 Å². The average Bonchev–Trinajstić information content (AvgIpc) is 2.66. The molecule has 2 aromatic rings. The predicted molar refractivity (Wildman–Crippen MR) is 105 cm³/mol. The van der Waals surface area contributed by atoms with E-state index in [4.69, 9.17) is 4.74 Å². The highest BCUT2D eigenvalue weighted by Crippen LogP contribution is 2.44. The number of aromatic nitrogens is 1. The summed E-state index contributed by atoms with van der Waals surface area (Å²) >= 11 is 0. The van der Waals surface area contributed by atoms with Crippen LogP contribution in [0.3, 0.4) is 0 Å². The molecule has 5 atom stereocenters. The minimum absolute atomic E-state index is 0.0162.